The predicted molar refractivity (Wildman–Crippen MR) is 152 cm³/mol. The molecular formula is C35H34FN. The van der Waals surface area contributed by atoms with Crippen LogP contribution in [0.4, 0.5) is 15.8 Å². The fourth-order valence-electron chi connectivity index (χ4n) is 7.82. The molecule has 37 heavy (non-hydrogen) atoms. The first kappa shape index (κ1) is 22.8. The number of fused-ring (bicyclic) bond motifs is 6. The number of rotatable bonds is 2. The van der Waals surface area contributed by atoms with Crippen molar-refractivity contribution in [1.29, 1.82) is 0 Å². The van der Waals surface area contributed by atoms with E-state index >= 15 is 0 Å². The maximum atomic E-state index is 14.4. The van der Waals surface area contributed by atoms with Crippen molar-refractivity contribution in [2.24, 2.45) is 0 Å². The topological polar surface area (TPSA) is 3.24 Å². The molecule has 2 aliphatic carbocycles. The molecule has 186 valence electrons. The lowest BCUT2D eigenvalue weighted by molar-refractivity contribution is 0.195. The summed E-state index contributed by atoms with van der Waals surface area (Å²) in [5.41, 5.74) is 11.6. The summed E-state index contributed by atoms with van der Waals surface area (Å²) in [6.07, 6.45) is 4.70. The quantitative estimate of drug-likeness (QED) is 0.272. The van der Waals surface area contributed by atoms with Gasteiger partial charge in [-0.15, -0.1) is 0 Å². The Hall–Kier alpha value is -3.39. The highest BCUT2D eigenvalue weighted by Crippen LogP contribution is 2.61. The Kier molecular flexibility index (Phi) is 4.66. The highest BCUT2D eigenvalue weighted by molar-refractivity contribution is 5.85. The fourth-order valence-corrected chi connectivity index (χ4v) is 7.82. The van der Waals surface area contributed by atoms with Crippen LogP contribution < -0.4 is 4.90 Å². The van der Waals surface area contributed by atoms with Crippen LogP contribution in [0.2, 0.25) is 0 Å². The van der Waals surface area contributed by atoms with E-state index in [1.54, 1.807) is 12.1 Å². The molecule has 7 rings (SSSR count). The zero-order valence-electron chi connectivity index (χ0n) is 22.2. The number of benzene rings is 4. The molecule has 0 spiro atoms. The zero-order valence-corrected chi connectivity index (χ0v) is 22.2. The highest BCUT2D eigenvalue weighted by Gasteiger charge is 2.57. The van der Waals surface area contributed by atoms with Crippen LogP contribution in [0.3, 0.4) is 0 Å². The summed E-state index contributed by atoms with van der Waals surface area (Å²) in [7, 11) is 0. The minimum absolute atomic E-state index is 0.00907. The van der Waals surface area contributed by atoms with E-state index in [9.17, 15) is 4.39 Å². The molecule has 2 unspecified atom stereocenters. The van der Waals surface area contributed by atoms with Crippen molar-refractivity contribution in [3.05, 3.63) is 107 Å². The molecule has 1 saturated carbocycles. The molecule has 1 fully saturated rings. The van der Waals surface area contributed by atoms with Crippen molar-refractivity contribution >= 4 is 11.4 Å². The molecule has 4 aromatic carbocycles. The number of hydrogen-bond acceptors (Lipinski definition) is 1. The lowest BCUT2D eigenvalue weighted by Gasteiger charge is -2.50. The monoisotopic (exact) mass is 487 g/mol. The summed E-state index contributed by atoms with van der Waals surface area (Å²) in [6, 6.07) is 30.0. The first-order chi connectivity index (χ1) is 17.7. The van der Waals surface area contributed by atoms with E-state index in [-0.39, 0.29) is 22.2 Å². The number of anilines is 2. The second-order valence-corrected chi connectivity index (χ2v) is 12.3. The minimum Gasteiger partial charge on any atom is -0.334 e. The molecule has 4 aromatic rings. The minimum atomic E-state index is -0.176. The number of nitrogens with zero attached hydrogens (tertiary/aromatic N) is 1. The van der Waals surface area contributed by atoms with E-state index in [1.165, 1.54) is 57.5 Å². The van der Waals surface area contributed by atoms with E-state index in [0.29, 0.717) is 0 Å². The van der Waals surface area contributed by atoms with Gasteiger partial charge >= 0.3 is 0 Å². The molecule has 0 amide bonds. The summed E-state index contributed by atoms with van der Waals surface area (Å²) in [4.78, 5) is 2.44. The SMILES string of the molecule is CC1(C)c2ccccc2-c2ccc(-c3ccc4c(c3)C3(C)CCCCC3(C)N4c3cccc(F)c3)cc21. The third kappa shape index (κ3) is 2.96. The third-order valence-electron chi connectivity index (χ3n) is 10.1. The Bertz CT molecular complexity index is 1570. The van der Waals surface area contributed by atoms with Crippen molar-refractivity contribution in [3.8, 4) is 22.3 Å². The van der Waals surface area contributed by atoms with E-state index in [2.05, 4.69) is 99.3 Å². The highest BCUT2D eigenvalue weighted by atomic mass is 19.1. The Labute approximate surface area is 220 Å². The summed E-state index contributed by atoms with van der Waals surface area (Å²) in [6.45, 7) is 9.52. The first-order valence-electron chi connectivity index (χ1n) is 13.7. The molecule has 2 atom stereocenters. The second kappa shape index (κ2) is 7.57. The van der Waals surface area contributed by atoms with Gasteiger partial charge in [0.2, 0.25) is 0 Å². The van der Waals surface area contributed by atoms with Crippen molar-refractivity contribution in [1.82, 2.24) is 0 Å². The maximum absolute atomic E-state index is 14.4. The zero-order chi connectivity index (χ0) is 25.6. The molecule has 1 nitrogen and oxygen atoms in total. The van der Waals surface area contributed by atoms with Crippen LogP contribution >= 0.6 is 0 Å². The molecular weight excluding hydrogens is 453 g/mol. The molecule has 0 aromatic heterocycles. The second-order valence-electron chi connectivity index (χ2n) is 12.3. The molecule has 1 heterocycles. The van der Waals surface area contributed by atoms with Gasteiger partial charge in [0, 0.05) is 22.2 Å². The Morgan fingerprint density at radius 2 is 1.35 bits per heavy atom. The maximum Gasteiger partial charge on any atom is 0.125 e. The van der Waals surface area contributed by atoms with Gasteiger partial charge in [-0.2, -0.15) is 0 Å². The average molecular weight is 488 g/mol. The Balaban J connectivity index is 1.38. The van der Waals surface area contributed by atoms with Gasteiger partial charge in [0.15, 0.2) is 0 Å². The van der Waals surface area contributed by atoms with E-state index in [1.807, 2.05) is 6.07 Å². The van der Waals surface area contributed by atoms with E-state index < -0.39 is 0 Å². The Morgan fingerprint density at radius 1 is 0.649 bits per heavy atom. The van der Waals surface area contributed by atoms with Gasteiger partial charge in [0.05, 0.1) is 5.54 Å². The largest absolute Gasteiger partial charge is 0.334 e. The molecule has 0 saturated heterocycles. The van der Waals surface area contributed by atoms with Gasteiger partial charge in [0.25, 0.3) is 0 Å². The van der Waals surface area contributed by atoms with Crippen LogP contribution in [0.15, 0.2) is 84.9 Å². The first-order valence-corrected chi connectivity index (χ1v) is 13.7. The van der Waals surface area contributed by atoms with Gasteiger partial charge in [-0.25, -0.2) is 4.39 Å². The van der Waals surface area contributed by atoms with Crippen LogP contribution in [-0.4, -0.2) is 5.54 Å². The molecule has 0 radical (unpaired) electrons. The van der Waals surface area contributed by atoms with Crippen molar-refractivity contribution in [2.45, 2.75) is 69.7 Å². The lowest BCUT2D eigenvalue weighted by Crippen LogP contribution is -2.54. The number of hydrogen-bond donors (Lipinski definition) is 0. The average Bonchev–Trinajstić information content (AvgIpc) is 3.25. The van der Waals surface area contributed by atoms with Crippen LogP contribution in [0.25, 0.3) is 22.3 Å². The van der Waals surface area contributed by atoms with E-state index in [0.717, 1.165) is 18.5 Å². The van der Waals surface area contributed by atoms with Crippen LogP contribution in [0.5, 0.6) is 0 Å². The summed E-state index contributed by atoms with van der Waals surface area (Å²) < 4.78 is 14.4. The van der Waals surface area contributed by atoms with Crippen molar-refractivity contribution in [2.75, 3.05) is 4.90 Å². The molecule has 1 aliphatic heterocycles. The van der Waals surface area contributed by atoms with Gasteiger partial charge in [0.1, 0.15) is 5.82 Å². The van der Waals surface area contributed by atoms with Gasteiger partial charge in [-0.1, -0.05) is 82.1 Å². The van der Waals surface area contributed by atoms with Crippen molar-refractivity contribution in [3.63, 3.8) is 0 Å². The molecule has 2 heteroatoms. The van der Waals surface area contributed by atoms with Crippen LogP contribution in [0, 0.1) is 5.82 Å². The molecule has 0 bridgehead atoms. The summed E-state index contributed by atoms with van der Waals surface area (Å²) in [5.74, 6) is -0.176. The van der Waals surface area contributed by atoms with Gasteiger partial charge in [-0.05, 0) is 95.1 Å². The standard InChI is InChI=1S/C35H34FN/c1-33(2)29-13-6-5-12-27(29)28-16-14-23(20-30(28)33)24-15-17-32-31(21-24)34(3)18-7-8-19-35(34,4)37(32)26-11-9-10-25(36)22-26/h5-6,9-17,20-22H,7-8,18-19H2,1-4H3. The third-order valence-corrected chi connectivity index (χ3v) is 10.1. The summed E-state index contributed by atoms with van der Waals surface area (Å²) >= 11 is 0. The fraction of sp³-hybridized carbons (Fsp3) is 0.314. The molecule has 3 aliphatic rings. The van der Waals surface area contributed by atoms with Gasteiger partial charge in [-0.3, -0.25) is 0 Å². The lowest BCUT2D eigenvalue weighted by atomic mass is 9.61. The Morgan fingerprint density at radius 3 is 2.16 bits per heavy atom. The smallest absolute Gasteiger partial charge is 0.125 e. The normalized spacial score (nSPS) is 24.8. The van der Waals surface area contributed by atoms with E-state index in [4.69, 9.17) is 0 Å². The number of halogens is 1. The summed E-state index contributed by atoms with van der Waals surface area (Å²) in [5, 5.41) is 0. The van der Waals surface area contributed by atoms with Gasteiger partial charge < -0.3 is 4.90 Å². The van der Waals surface area contributed by atoms with Crippen molar-refractivity contribution < 1.29 is 4.39 Å². The predicted octanol–water partition coefficient (Wildman–Crippen LogP) is 9.54. The van der Waals surface area contributed by atoms with Crippen LogP contribution in [0.1, 0.15) is 70.1 Å². The van der Waals surface area contributed by atoms with Crippen LogP contribution in [-0.2, 0) is 10.8 Å². The molecule has 0 N–H and O–H groups in total.